The quantitative estimate of drug-likeness (QED) is 0.299. The third-order valence-corrected chi connectivity index (χ3v) is 7.02. The first-order valence-corrected chi connectivity index (χ1v) is 11.3. The number of halogens is 1. The number of carbonyl (C=O) groups excluding carboxylic acids is 1. The van der Waals surface area contributed by atoms with E-state index in [1.54, 1.807) is 19.2 Å². The third kappa shape index (κ3) is 5.33. The SMILES string of the molecule is COC(=O)c1ccc(B2OC(C)(C)C(C)(CCCCc3cc(OC)ccc3Br)O2)cc1. The summed E-state index contributed by atoms with van der Waals surface area (Å²) in [6, 6.07) is 13.3. The molecule has 5 nitrogen and oxygen atoms in total. The van der Waals surface area contributed by atoms with E-state index in [1.807, 2.05) is 24.3 Å². The lowest BCUT2D eigenvalue weighted by Gasteiger charge is -2.36. The molecule has 7 heteroatoms. The van der Waals surface area contributed by atoms with Gasteiger partial charge in [0.15, 0.2) is 0 Å². The van der Waals surface area contributed by atoms with Crippen LogP contribution < -0.4 is 10.2 Å². The molecule has 0 amide bonds. The lowest BCUT2D eigenvalue weighted by molar-refractivity contribution is -0.0171. The van der Waals surface area contributed by atoms with Gasteiger partial charge in [0.2, 0.25) is 0 Å². The number of aryl methyl sites for hydroxylation is 1. The maximum Gasteiger partial charge on any atom is 0.494 e. The van der Waals surface area contributed by atoms with Crippen LogP contribution >= 0.6 is 15.9 Å². The number of hydrogen-bond acceptors (Lipinski definition) is 5. The fourth-order valence-corrected chi connectivity index (χ4v) is 4.28. The molecule has 0 bridgehead atoms. The Balaban J connectivity index is 1.60. The lowest BCUT2D eigenvalue weighted by Crippen LogP contribution is -2.44. The van der Waals surface area contributed by atoms with E-state index < -0.39 is 18.3 Å². The highest BCUT2D eigenvalue weighted by molar-refractivity contribution is 9.10. The van der Waals surface area contributed by atoms with Crippen LogP contribution in [-0.2, 0) is 20.5 Å². The van der Waals surface area contributed by atoms with Crippen molar-refractivity contribution >= 4 is 34.5 Å². The van der Waals surface area contributed by atoms with Gasteiger partial charge in [0.25, 0.3) is 0 Å². The summed E-state index contributed by atoms with van der Waals surface area (Å²) < 4.78 is 23.9. The Bertz CT molecular complexity index is 915. The number of rotatable bonds is 8. The van der Waals surface area contributed by atoms with Gasteiger partial charge in [0.05, 0.1) is 31.0 Å². The van der Waals surface area contributed by atoms with Crippen LogP contribution in [0.4, 0.5) is 0 Å². The van der Waals surface area contributed by atoms with Gasteiger partial charge in [-0.25, -0.2) is 4.79 Å². The molecule has 1 unspecified atom stereocenters. The molecule has 0 aliphatic carbocycles. The average molecular weight is 489 g/mol. The first-order chi connectivity index (χ1) is 14.7. The van der Waals surface area contributed by atoms with Crippen LogP contribution in [0.2, 0.25) is 0 Å². The maximum absolute atomic E-state index is 11.7. The van der Waals surface area contributed by atoms with Crippen LogP contribution in [0.5, 0.6) is 5.75 Å². The van der Waals surface area contributed by atoms with E-state index >= 15 is 0 Å². The van der Waals surface area contributed by atoms with Gasteiger partial charge in [0, 0.05) is 4.47 Å². The van der Waals surface area contributed by atoms with E-state index in [-0.39, 0.29) is 5.97 Å². The van der Waals surface area contributed by atoms with Crippen molar-refractivity contribution in [2.45, 2.75) is 57.7 Å². The summed E-state index contributed by atoms with van der Waals surface area (Å²) >= 11 is 3.63. The smallest absolute Gasteiger partial charge is 0.494 e. The van der Waals surface area contributed by atoms with Crippen molar-refractivity contribution in [3.63, 3.8) is 0 Å². The molecule has 1 saturated heterocycles. The Hall–Kier alpha value is -1.83. The molecule has 1 aliphatic heterocycles. The van der Waals surface area contributed by atoms with Gasteiger partial charge in [-0.1, -0.05) is 34.5 Å². The van der Waals surface area contributed by atoms with E-state index in [2.05, 4.69) is 42.8 Å². The molecule has 1 heterocycles. The number of hydrogen-bond donors (Lipinski definition) is 0. The number of carbonyl (C=O) groups is 1. The van der Waals surface area contributed by atoms with Crippen molar-refractivity contribution < 1.29 is 23.6 Å². The van der Waals surface area contributed by atoms with E-state index in [4.69, 9.17) is 18.8 Å². The summed E-state index contributed by atoms with van der Waals surface area (Å²) in [7, 11) is 2.60. The summed E-state index contributed by atoms with van der Waals surface area (Å²) in [6.07, 6.45) is 3.91. The van der Waals surface area contributed by atoms with E-state index in [9.17, 15) is 4.79 Å². The zero-order valence-corrected chi connectivity index (χ0v) is 20.5. The first kappa shape index (κ1) is 23.8. The molecule has 0 saturated carbocycles. The van der Waals surface area contributed by atoms with E-state index in [1.165, 1.54) is 12.7 Å². The fourth-order valence-electron chi connectivity index (χ4n) is 3.83. The predicted molar refractivity (Wildman–Crippen MR) is 126 cm³/mol. The van der Waals surface area contributed by atoms with Crippen LogP contribution in [0.3, 0.4) is 0 Å². The molecule has 2 aromatic rings. The largest absolute Gasteiger partial charge is 0.497 e. The number of methoxy groups -OCH3 is 2. The molecule has 3 rings (SSSR count). The van der Waals surface area contributed by atoms with Gasteiger partial charge < -0.3 is 18.8 Å². The molecule has 0 N–H and O–H groups in total. The minimum Gasteiger partial charge on any atom is -0.497 e. The standard InChI is InChI=1S/C24H30BBrO5/c1-23(2)24(3,15-7-6-8-18-16-20(28-4)13-14-21(18)26)31-25(30-23)19-11-9-17(10-12-19)22(27)29-5/h9-14,16H,6-8,15H2,1-5H3. The zero-order chi connectivity index (χ0) is 22.6. The highest BCUT2D eigenvalue weighted by Gasteiger charge is 2.54. The Morgan fingerprint density at radius 2 is 1.74 bits per heavy atom. The second kappa shape index (κ2) is 9.76. The highest BCUT2D eigenvalue weighted by atomic mass is 79.9. The van der Waals surface area contributed by atoms with Gasteiger partial charge in [-0.3, -0.25) is 0 Å². The number of unbranched alkanes of at least 4 members (excludes halogenated alkanes) is 1. The van der Waals surface area contributed by atoms with E-state index in [0.29, 0.717) is 5.56 Å². The van der Waals surface area contributed by atoms with Gasteiger partial charge in [-0.05, 0) is 81.4 Å². The van der Waals surface area contributed by atoms with Gasteiger partial charge in [0.1, 0.15) is 5.75 Å². The Morgan fingerprint density at radius 1 is 1.03 bits per heavy atom. The Morgan fingerprint density at radius 3 is 2.39 bits per heavy atom. The zero-order valence-electron chi connectivity index (χ0n) is 18.9. The van der Waals surface area contributed by atoms with Crippen molar-refractivity contribution in [1.29, 1.82) is 0 Å². The van der Waals surface area contributed by atoms with Crippen molar-refractivity contribution in [2.75, 3.05) is 14.2 Å². The second-order valence-electron chi connectivity index (χ2n) is 8.59. The van der Waals surface area contributed by atoms with Gasteiger partial charge in [-0.2, -0.15) is 0 Å². The summed E-state index contributed by atoms with van der Waals surface area (Å²) in [5.41, 5.74) is 1.80. The summed E-state index contributed by atoms with van der Waals surface area (Å²) in [6.45, 7) is 6.28. The predicted octanol–water partition coefficient (Wildman–Crippen LogP) is 4.94. The molecule has 31 heavy (non-hydrogen) atoms. The van der Waals surface area contributed by atoms with Crippen molar-refractivity contribution in [3.8, 4) is 5.75 Å². The summed E-state index contributed by atoms with van der Waals surface area (Å²) in [4.78, 5) is 11.7. The van der Waals surface area contributed by atoms with Crippen LogP contribution in [0.15, 0.2) is 46.9 Å². The average Bonchev–Trinajstić information content (AvgIpc) is 3.00. The number of benzene rings is 2. The molecule has 0 radical (unpaired) electrons. The van der Waals surface area contributed by atoms with Gasteiger partial charge >= 0.3 is 13.1 Å². The number of ether oxygens (including phenoxy) is 2. The highest BCUT2D eigenvalue weighted by Crippen LogP contribution is 2.41. The van der Waals surface area contributed by atoms with Crippen LogP contribution in [0.1, 0.15) is 56.0 Å². The van der Waals surface area contributed by atoms with Crippen molar-refractivity contribution in [3.05, 3.63) is 58.1 Å². The maximum atomic E-state index is 11.7. The summed E-state index contributed by atoms with van der Waals surface area (Å²) in [5, 5.41) is 0. The molecule has 1 fully saturated rings. The van der Waals surface area contributed by atoms with Crippen LogP contribution in [0.25, 0.3) is 0 Å². The molecule has 2 aromatic carbocycles. The monoisotopic (exact) mass is 488 g/mol. The van der Waals surface area contributed by atoms with Crippen LogP contribution in [-0.4, -0.2) is 38.5 Å². The van der Waals surface area contributed by atoms with Crippen LogP contribution in [0, 0.1) is 0 Å². The molecule has 1 atom stereocenters. The minimum atomic E-state index is -0.459. The molecular weight excluding hydrogens is 459 g/mol. The molecule has 0 aromatic heterocycles. The molecule has 166 valence electrons. The molecular formula is C24H30BBrO5. The second-order valence-corrected chi connectivity index (χ2v) is 9.44. The fraction of sp³-hybridized carbons (Fsp3) is 0.458. The first-order valence-electron chi connectivity index (χ1n) is 10.6. The topological polar surface area (TPSA) is 54.0 Å². The van der Waals surface area contributed by atoms with E-state index in [0.717, 1.165) is 41.4 Å². The normalized spacial score (nSPS) is 20.0. The van der Waals surface area contributed by atoms with Crippen molar-refractivity contribution in [2.24, 2.45) is 0 Å². The summed E-state index contributed by atoms with van der Waals surface area (Å²) in [5.74, 6) is 0.521. The van der Waals surface area contributed by atoms with Crippen molar-refractivity contribution in [1.82, 2.24) is 0 Å². The van der Waals surface area contributed by atoms with Gasteiger partial charge in [-0.15, -0.1) is 0 Å². The molecule has 0 spiro atoms. The third-order valence-electron chi connectivity index (χ3n) is 6.25. The minimum absolute atomic E-state index is 0.354. The Labute approximate surface area is 193 Å². The molecule has 1 aliphatic rings. The Kier molecular flexibility index (Phi) is 7.50. The number of esters is 1. The lowest BCUT2D eigenvalue weighted by atomic mass is 9.79.